The Morgan fingerprint density at radius 1 is 0.511 bits per heavy atom. The molecular weight excluding hydrogens is 551 g/mol. The molecular formula is C40H27BN2O2. The fourth-order valence-electron chi connectivity index (χ4n) is 6.59. The first-order chi connectivity index (χ1) is 22.0. The summed E-state index contributed by atoms with van der Waals surface area (Å²) in [6.45, 7) is 0. The van der Waals surface area contributed by atoms with Crippen molar-refractivity contribution in [1.29, 1.82) is 0 Å². The van der Waals surface area contributed by atoms with Crippen LogP contribution < -0.4 is 0 Å². The topological polar surface area (TPSA) is 58.3 Å². The summed E-state index contributed by atoms with van der Waals surface area (Å²) in [5, 5.41) is 25.8. The molecule has 0 unspecified atom stereocenters. The summed E-state index contributed by atoms with van der Waals surface area (Å²) in [5.41, 5.74) is 5.96. The van der Waals surface area contributed by atoms with Gasteiger partial charge in [0, 0.05) is 5.56 Å². The number of hydrogen-bond acceptors (Lipinski definition) is 3. The number of rotatable bonds is 5. The molecule has 0 amide bonds. The Hall–Kier alpha value is -5.49. The fraction of sp³-hybridized carbons (Fsp3) is 0.0250. The second-order valence-corrected chi connectivity index (χ2v) is 11.3. The molecule has 2 N–H and O–H groups in total. The molecule has 0 saturated carbocycles. The molecule has 0 aliphatic rings. The number of aromatic nitrogens is 2. The maximum absolute atomic E-state index is 10.7. The van der Waals surface area contributed by atoms with E-state index in [-0.39, 0.29) is 5.82 Å². The maximum atomic E-state index is 10.7. The van der Waals surface area contributed by atoms with Crippen molar-refractivity contribution < 1.29 is 10.2 Å². The highest BCUT2D eigenvalue weighted by Crippen LogP contribution is 2.46. The van der Waals surface area contributed by atoms with Crippen LogP contribution in [0.15, 0.2) is 152 Å². The molecule has 8 aromatic rings. The van der Waals surface area contributed by atoms with Gasteiger partial charge in [-0.1, -0.05) is 127 Å². The van der Waals surface area contributed by atoms with Gasteiger partial charge in [0.25, 0.3) is 0 Å². The Kier molecular flexibility index (Phi) is 6.38. The fourth-order valence-corrected chi connectivity index (χ4v) is 6.59. The molecule has 5 heteroatoms. The van der Waals surface area contributed by atoms with E-state index in [1.54, 1.807) is 4.57 Å². The molecule has 0 saturated heterocycles. The molecule has 0 aliphatic carbocycles. The third-order valence-electron chi connectivity index (χ3n) is 8.50. The van der Waals surface area contributed by atoms with Gasteiger partial charge in [-0.15, -0.1) is 0 Å². The molecule has 0 fully saturated rings. The Balaban J connectivity index is 1.52. The number of nitrogens with zero attached hydrogens (tertiary/aromatic N) is 2. The molecule has 1 aromatic heterocycles. The van der Waals surface area contributed by atoms with Crippen LogP contribution in [-0.4, -0.2) is 27.6 Å². The van der Waals surface area contributed by atoms with Gasteiger partial charge >= 0.3 is 0 Å². The lowest BCUT2D eigenvalue weighted by Crippen LogP contribution is -2.29. The molecule has 4 nitrogen and oxygen atoms in total. The number of benzene rings is 7. The minimum atomic E-state index is -2.65. The van der Waals surface area contributed by atoms with Crippen molar-refractivity contribution in [2.45, 2.75) is 5.69 Å². The average Bonchev–Trinajstić information content (AvgIpc) is 3.48. The quantitative estimate of drug-likeness (QED) is 0.122. The molecule has 0 spiro atoms. The van der Waals surface area contributed by atoms with Gasteiger partial charge in [0.15, 0.2) is 19.4 Å². The van der Waals surface area contributed by atoms with E-state index >= 15 is 0 Å². The number of aliphatic hydroxyl groups is 2. The van der Waals surface area contributed by atoms with Gasteiger partial charge in [-0.25, -0.2) is 4.98 Å². The highest BCUT2D eigenvalue weighted by Gasteiger charge is 2.29. The predicted molar refractivity (Wildman–Crippen MR) is 184 cm³/mol. The lowest BCUT2D eigenvalue weighted by atomic mass is 9.84. The number of para-hydroxylation sites is 3. The van der Waals surface area contributed by atoms with Crippen LogP contribution in [0.2, 0.25) is 0 Å². The summed E-state index contributed by atoms with van der Waals surface area (Å²) in [6, 6.07) is 51.7. The van der Waals surface area contributed by atoms with Crippen molar-refractivity contribution in [2.24, 2.45) is 0 Å². The first-order valence-corrected chi connectivity index (χ1v) is 14.9. The van der Waals surface area contributed by atoms with E-state index in [0.29, 0.717) is 5.52 Å². The van der Waals surface area contributed by atoms with Crippen LogP contribution in [0, 0.1) is 0 Å². The smallest absolute Gasteiger partial charge is 0.171 e. The molecule has 212 valence electrons. The van der Waals surface area contributed by atoms with Crippen molar-refractivity contribution in [2.75, 3.05) is 0 Å². The summed E-state index contributed by atoms with van der Waals surface area (Å²) < 4.78 is 1.76. The van der Waals surface area contributed by atoms with Crippen LogP contribution >= 0.6 is 0 Å². The second kappa shape index (κ2) is 10.6. The molecule has 7 aromatic carbocycles. The van der Waals surface area contributed by atoms with E-state index in [4.69, 9.17) is 7.85 Å². The van der Waals surface area contributed by atoms with Gasteiger partial charge in [-0.2, -0.15) is 0 Å². The van der Waals surface area contributed by atoms with Gasteiger partial charge in [0.2, 0.25) is 0 Å². The third kappa shape index (κ3) is 4.53. The van der Waals surface area contributed by atoms with Crippen LogP contribution in [0.4, 0.5) is 0 Å². The monoisotopic (exact) mass is 578 g/mol. The molecule has 45 heavy (non-hydrogen) atoms. The van der Waals surface area contributed by atoms with Crippen LogP contribution in [0.5, 0.6) is 0 Å². The SMILES string of the molecule is [B]C(O)(O)c1nc2ccccc2n1-c1ccccc1-c1c2ccccc2c(-c2ccccc2)c2cc(-c3ccccc3)ccc12. The zero-order chi connectivity index (χ0) is 30.5. The van der Waals surface area contributed by atoms with Crippen molar-refractivity contribution in [3.05, 3.63) is 157 Å². The van der Waals surface area contributed by atoms with Crippen molar-refractivity contribution >= 4 is 40.4 Å². The zero-order valence-electron chi connectivity index (χ0n) is 24.3. The van der Waals surface area contributed by atoms with E-state index in [1.807, 2.05) is 54.6 Å². The highest BCUT2D eigenvalue weighted by atomic mass is 16.5. The van der Waals surface area contributed by atoms with Gasteiger partial charge in [0.05, 0.1) is 16.7 Å². The van der Waals surface area contributed by atoms with Crippen molar-refractivity contribution in [3.8, 4) is 39.1 Å². The Morgan fingerprint density at radius 2 is 1.09 bits per heavy atom. The third-order valence-corrected chi connectivity index (χ3v) is 8.50. The number of imidazole rings is 1. The first kappa shape index (κ1) is 27.1. The predicted octanol–water partition coefficient (Wildman–Crippen LogP) is 8.60. The van der Waals surface area contributed by atoms with Gasteiger partial charge in [0.1, 0.15) is 0 Å². The molecule has 0 atom stereocenters. The standard InChI is InChI=1S/C40H27BN2O2/c41-40(44,45)39-42-34-20-10-12-22-36(34)43(39)35-21-11-9-19-32(35)38-30-18-8-7-17-29(30)37(27-15-5-2-6-16-27)33-25-28(23-24-31(33)38)26-13-3-1-4-14-26/h1-25,44-45H. The minimum Gasteiger partial charge on any atom is -0.368 e. The van der Waals surface area contributed by atoms with Gasteiger partial charge in [-0.05, 0) is 73.6 Å². The molecule has 8 rings (SSSR count). The lowest BCUT2D eigenvalue weighted by molar-refractivity contribution is -0.0985. The van der Waals surface area contributed by atoms with Gasteiger partial charge < -0.3 is 10.2 Å². The molecule has 2 radical (unpaired) electrons. The van der Waals surface area contributed by atoms with Crippen molar-refractivity contribution in [1.82, 2.24) is 9.55 Å². The summed E-state index contributed by atoms with van der Waals surface area (Å²) in [5.74, 6) is -0.0583. The van der Waals surface area contributed by atoms with E-state index in [9.17, 15) is 10.2 Å². The molecule has 0 aliphatic heterocycles. The maximum Gasteiger partial charge on any atom is 0.171 e. The minimum absolute atomic E-state index is 0.0583. The van der Waals surface area contributed by atoms with Crippen LogP contribution in [-0.2, 0) is 5.69 Å². The Morgan fingerprint density at radius 3 is 1.82 bits per heavy atom. The summed E-state index contributed by atoms with van der Waals surface area (Å²) >= 11 is 0. The summed E-state index contributed by atoms with van der Waals surface area (Å²) in [6.07, 6.45) is 0. The largest absolute Gasteiger partial charge is 0.368 e. The summed E-state index contributed by atoms with van der Waals surface area (Å²) in [4.78, 5) is 4.56. The van der Waals surface area contributed by atoms with E-state index < -0.39 is 5.69 Å². The second-order valence-electron chi connectivity index (χ2n) is 11.3. The zero-order valence-corrected chi connectivity index (χ0v) is 24.3. The van der Waals surface area contributed by atoms with Crippen LogP contribution in [0.3, 0.4) is 0 Å². The number of hydrogen-bond donors (Lipinski definition) is 2. The number of fused-ring (bicyclic) bond motifs is 3. The molecule has 1 heterocycles. The van der Waals surface area contributed by atoms with E-state index in [2.05, 4.69) is 102 Å². The Bertz CT molecular complexity index is 2360. The van der Waals surface area contributed by atoms with Gasteiger partial charge in [-0.3, -0.25) is 4.57 Å². The Labute approximate surface area is 261 Å². The van der Waals surface area contributed by atoms with Crippen LogP contribution in [0.1, 0.15) is 5.82 Å². The summed E-state index contributed by atoms with van der Waals surface area (Å²) in [7, 11) is 5.91. The van der Waals surface area contributed by atoms with Crippen LogP contribution in [0.25, 0.3) is 71.6 Å². The lowest BCUT2D eigenvalue weighted by Gasteiger charge is -2.23. The highest BCUT2D eigenvalue weighted by molar-refractivity contribution is 6.22. The van der Waals surface area contributed by atoms with E-state index in [0.717, 1.165) is 60.6 Å². The van der Waals surface area contributed by atoms with E-state index in [1.165, 1.54) is 5.56 Å². The average molecular weight is 578 g/mol. The first-order valence-electron chi connectivity index (χ1n) is 14.9. The molecule has 0 bridgehead atoms. The normalized spacial score (nSPS) is 11.9. The van der Waals surface area contributed by atoms with Crippen molar-refractivity contribution in [3.63, 3.8) is 0 Å².